The van der Waals surface area contributed by atoms with Gasteiger partial charge in [0.2, 0.25) is 5.95 Å². The minimum atomic E-state index is -1.05. The lowest BCUT2D eigenvalue weighted by Gasteiger charge is -2.34. The molecule has 1 aliphatic heterocycles. The Hall–Kier alpha value is -4.33. The second-order valence-electron chi connectivity index (χ2n) is 10.5. The van der Waals surface area contributed by atoms with Gasteiger partial charge < -0.3 is 16.1 Å². The van der Waals surface area contributed by atoms with Crippen LogP contribution in [0.15, 0.2) is 78.9 Å². The number of hydrogen-bond donors (Lipinski definition) is 4. The molecule has 1 saturated carbocycles. The number of halogens is 2. The molecule has 0 spiro atoms. The van der Waals surface area contributed by atoms with E-state index < -0.39 is 11.4 Å². The molecule has 2 atom stereocenters. The number of aromatic nitrogens is 2. The third-order valence-electron chi connectivity index (χ3n) is 7.73. The van der Waals surface area contributed by atoms with E-state index in [-0.39, 0.29) is 6.04 Å². The van der Waals surface area contributed by atoms with Gasteiger partial charge in [0.15, 0.2) is 0 Å². The number of fused-ring (bicyclic) bond motifs is 1. The summed E-state index contributed by atoms with van der Waals surface area (Å²) in [7, 11) is 1.90. The number of rotatable bonds is 9. The number of benzene rings is 2. The molecule has 41 heavy (non-hydrogen) atoms. The largest absolute Gasteiger partial charge is 0.377 e. The fourth-order valence-electron chi connectivity index (χ4n) is 5.31. The Balaban J connectivity index is 1.45. The smallest absolute Gasteiger partial charge is 0.218 e. The van der Waals surface area contributed by atoms with Crippen LogP contribution in [0.1, 0.15) is 48.9 Å². The first-order valence-electron chi connectivity index (χ1n) is 13.7. The summed E-state index contributed by atoms with van der Waals surface area (Å²) in [5.41, 5.74) is 9.82. The van der Waals surface area contributed by atoms with E-state index in [2.05, 4.69) is 56.7 Å². The van der Waals surface area contributed by atoms with Crippen LogP contribution in [-0.4, -0.2) is 28.9 Å². The van der Waals surface area contributed by atoms with Crippen molar-refractivity contribution in [1.29, 1.82) is 5.26 Å². The first-order valence-corrected chi connectivity index (χ1v) is 14.0. The molecule has 0 amide bonds. The summed E-state index contributed by atoms with van der Waals surface area (Å²) in [6, 6.07) is 19.8. The van der Waals surface area contributed by atoms with Crippen LogP contribution in [0, 0.1) is 17.3 Å². The molecule has 3 heterocycles. The van der Waals surface area contributed by atoms with Gasteiger partial charge in [-0.15, -0.1) is 5.53 Å². The van der Waals surface area contributed by atoms with Crippen molar-refractivity contribution in [3.63, 3.8) is 0 Å². The van der Waals surface area contributed by atoms with Crippen LogP contribution in [0.5, 0.6) is 0 Å². The number of nitriles is 1. The third kappa shape index (κ3) is 5.14. The number of anilines is 2. The number of hydrazine groups is 2. The summed E-state index contributed by atoms with van der Waals surface area (Å²) in [6.07, 6.45) is 7.93. The summed E-state index contributed by atoms with van der Waals surface area (Å²) >= 11 is 6.81. The standard InChI is InChI=1S/C30H29BClFN8/c1-2-25(18-7-4-3-5-8-18)37-27-19(15-34)16-36-28-22(27)13-20(14-24(28)32)38-30(31,23-9-6-12-35-29(23)33)26-17-41(40-39-26)21-10-11-21/h3-9,12-14,16-17,21,25,38-40H,2,10-11,31H2,1H3,(H,36,37)/t25-,30?/m1/s1. The van der Waals surface area contributed by atoms with E-state index in [9.17, 15) is 5.26 Å². The predicted molar refractivity (Wildman–Crippen MR) is 162 cm³/mol. The van der Waals surface area contributed by atoms with Crippen molar-refractivity contribution in [3.8, 4) is 6.07 Å². The van der Waals surface area contributed by atoms with E-state index in [0.29, 0.717) is 44.5 Å². The van der Waals surface area contributed by atoms with E-state index in [1.807, 2.05) is 43.3 Å². The van der Waals surface area contributed by atoms with Gasteiger partial charge in [-0.1, -0.05) is 54.9 Å². The Morgan fingerprint density at radius 3 is 2.73 bits per heavy atom. The molecule has 0 bridgehead atoms. The summed E-state index contributed by atoms with van der Waals surface area (Å²) in [6.45, 7) is 2.09. The van der Waals surface area contributed by atoms with E-state index >= 15 is 4.39 Å². The van der Waals surface area contributed by atoms with Crippen LogP contribution in [-0.2, 0) is 5.44 Å². The molecule has 4 N–H and O–H groups in total. The Morgan fingerprint density at radius 1 is 1.22 bits per heavy atom. The first kappa shape index (κ1) is 26.9. The van der Waals surface area contributed by atoms with Crippen molar-refractivity contribution in [1.82, 2.24) is 25.9 Å². The van der Waals surface area contributed by atoms with Crippen molar-refractivity contribution in [2.24, 2.45) is 0 Å². The molecule has 2 aromatic carbocycles. The lowest BCUT2D eigenvalue weighted by molar-refractivity contribution is 0.260. The molecule has 4 aromatic rings. The highest BCUT2D eigenvalue weighted by Gasteiger charge is 2.39. The molecule has 6 rings (SSSR count). The van der Waals surface area contributed by atoms with E-state index in [0.717, 1.165) is 30.5 Å². The van der Waals surface area contributed by atoms with E-state index in [1.54, 1.807) is 24.4 Å². The van der Waals surface area contributed by atoms with Crippen LogP contribution in [0.3, 0.4) is 0 Å². The maximum atomic E-state index is 15.2. The minimum absolute atomic E-state index is 0.0358. The predicted octanol–water partition coefficient (Wildman–Crippen LogP) is 5.08. The monoisotopic (exact) mass is 566 g/mol. The lowest BCUT2D eigenvalue weighted by atomic mass is 9.70. The van der Waals surface area contributed by atoms with E-state index in [1.165, 1.54) is 6.20 Å². The fraction of sp³-hybridized carbons (Fsp3) is 0.233. The average Bonchev–Trinajstić information content (AvgIpc) is 3.71. The number of hydrogen-bond acceptors (Lipinski definition) is 8. The Morgan fingerprint density at radius 2 is 2.02 bits per heavy atom. The van der Waals surface area contributed by atoms with Gasteiger partial charge in [0.1, 0.15) is 13.9 Å². The summed E-state index contributed by atoms with van der Waals surface area (Å²) < 4.78 is 15.2. The van der Waals surface area contributed by atoms with Gasteiger partial charge >= 0.3 is 0 Å². The van der Waals surface area contributed by atoms with Gasteiger partial charge in [-0.25, -0.2) is 4.98 Å². The maximum Gasteiger partial charge on any atom is 0.218 e. The number of pyridine rings is 2. The molecule has 2 aromatic heterocycles. The minimum Gasteiger partial charge on any atom is -0.377 e. The second kappa shape index (κ2) is 10.9. The molecule has 11 heteroatoms. The van der Waals surface area contributed by atoms with Crippen LogP contribution >= 0.6 is 11.6 Å². The average molecular weight is 567 g/mol. The van der Waals surface area contributed by atoms with E-state index in [4.69, 9.17) is 11.6 Å². The molecule has 0 saturated heterocycles. The summed E-state index contributed by atoms with van der Waals surface area (Å²) in [4.78, 5) is 8.43. The van der Waals surface area contributed by atoms with Crippen molar-refractivity contribution < 1.29 is 4.39 Å². The molecular formula is C30H29BClFN8. The molecule has 1 unspecified atom stereocenters. The van der Waals surface area contributed by atoms with Crippen molar-refractivity contribution in [3.05, 3.63) is 107 Å². The highest BCUT2D eigenvalue weighted by Crippen LogP contribution is 2.39. The highest BCUT2D eigenvalue weighted by atomic mass is 35.5. The molecule has 206 valence electrons. The van der Waals surface area contributed by atoms with Crippen molar-refractivity contribution in [2.75, 3.05) is 10.6 Å². The maximum absolute atomic E-state index is 15.2. The van der Waals surface area contributed by atoms with Crippen LogP contribution in [0.25, 0.3) is 10.9 Å². The van der Waals surface area contributed by atoms with Gasteiger partial charge in [0.05, 0.1) is 39.0 Å². The Bertz CT molecular complexity index is 1670. The SMILES string of the molecule is BC(Nc1cc(Cl)c2ncc(C#N)c(N[C@H](CC)c3ccccc3)c2c1)(C1=CN(C2CC2)NN1)c1cccnc1F. The van der Waals surface area contributed by atoms with Gasteiger partial charge in [0.25, 0.3) is 0 Å². The molecular weight excluding hydrogens is 538 g/mol. The van der Waals surface area contributed by atoms with Crippen molar-refractivity contribution >= 4 is 41.7 Å². The fourth-order valence-corrected chi connectivity index (χ4v) is 5.58. The Kier molecular flexibility index (Phi) is 7.16. The zero-order valence-corrected chi connectivity index (χ0v) is 23.5. The third-order valence-corrected chi connectivity index (χ3v) is 8.02. The molecule has 0 radical (unpaired) electrons. The van der Waals surface area contributed by atoms with Crippen LogP contribution in [0.4, 0.5) is 15.8 Å². The number of nitrogens with one attached hydrogen (secondary N) is 4. The van der Waals surface area contributed by atoms with Gasteiger partial charge in [-0.05, 0) is 43.0 Å². The molecule has 2 aliphatic rings. The highest BCUT2D eigenvalue weighted by molar-refractivity contribution is 6.36. The first-order chi connectivity index (χ1) is 19.9. The van der Waals surface area contributed by atoms with Gasteiger partial charge in [0, 0.05) is 41.3 Å². The normalized spacial score (nSPS) is 16.8. The molecule has 1 fully saturated rings. The van der Waals surface area contributed by atoms with Crippen LogP contribution < -0.4 is 21.6 Å². The molecule has 8 nitrogen and oxygen atoms in total. The Labute approximate surface area is 244 Å². The topological polar surface area (TPSA) is 101 Å². The van der Waals surface area contributed by atoms with Crippen molar-refractivity contribution in [2.45, 2.75) is 43.7 Å². The summed E-state index contributed by atoms with van der Waals surface area (Å²) in [5, 5.41) is 20.2. The number of nitrogens with zero attached hydrogens (tertiary/aromatic N) is 4. The van der Waals surface area contributed by atoms with Gasteiger partial charge in [-0.3, -0.25) is 9.99 Å². The summed E-state index contributed by atoms with van der Waals surface area (Å²) in [5.74, 6) is -0.577. The second-order valence-corrected chi connectivity index (χ2v) is 10.9. The zero-order valence-electron chi connectivity index (χ0n) is 22.7. The molecule has 1 aliphatic carbocycles. The van der Waals surface area contributed by atoms with Gasteiger partial charge in [-0.2, -0.15) is 9.65 Å². The lowest BCUT2D eigenvalue weighted by Crippen LogP contribution is -2.46. The quantitative estimate of drug-likeness (QED) is 0.164. The zero-order chi connectivity index (χ0) is 28.6. The van der Waals surface area contributed by atoms with Crippen LogP contribution in [0.2, 0.25) is 5.02 Å².